The van der Waals surface area contributed by atoms with E-state index in [0.717, 1.165) is 10.6 Å². The van der Waals surface area contributed by atoms with Crippen molar-refractivity contribution in [3.63, 3.8) is 0 Å². The van der Waals surface area contributed by atoms with Crippen molar-refractivity contribution >= 4 is 17.7 Å². The van der Waals surface area contributed by atoms with Gasteiger partial charge < -0.3 is 10.1 Å². The summed E-state index contributed by atoms with van der Waals surface area (Å²) in [6.07, 6.45) is 0. The molecule has 0 spiro atoms. The first-order valence-corrected chi connectivity index (χ1v) is 5.81. The maximum absolute atomic E-state index is 11.0. The van der Waals surface area contributed by atoms with E-state index in [9.17, 15) is 4.79 Å². The molecule has 1 N–H and O–H groups in total. The molecule has 1 aromatic rings. The van der Waals surface area contributed by atoms with E-state index in [0.29, 0.717) is 12.4 Å². The minimum absolute atomic E-state index is 0.0360. The Morgan fingerprint density at radius 2 is 2.07 bits per heavy atom. The molecule has 4 heteroatoms. The lowest BCUT2D eigenvalue weighted by Gasteiger charge is -2.04. The molecule has 82 valence electrons. The molecule has 0 aliphatic rings. The number of amides is 1. The molecular weight excluding hydrogens is 210 g/mol. The van der Waals surface area contributed by atoms with Gasteiger partial charge in [0.2, 0.25) is 5.91 Å². The molecule has 0 unspecified atom stereocenters. The van der Waals surface area contributed by atoms with E-state index in [1.54, 1.807) is 7.05 Å². The molecule has 1 aromatic carbocycles. The molecule has 0 aromatic heterocycles. The molecule has 0 atom stereocenters. The summed E-state index contributed by atoms with van der Waals surface area (Å²) in [4.78, 5) is 12.1. The Morgan fingerprint density at radius 1 is 1.40 bits per heavy atom. The molecule has 0 saturated carbocycles. The first kappa shape index (κ1) is 11.9. The summed E-state index contributed by atoms with van der Waals surface area (Å²) < 4.78 is 5.32. The van der Waals surface area contributed by atoms with Crippen molar-refractivity contribution in [1.29, 1.82) is 0 Å². The fourth-order valence-corrected chi connectivity index (χ4v) is 1.79. The van der Waals surface area contributed by atoms with Crippen LogP contribution < -0.4 is 10.1 Å². The van der Waals surface area contributed by atoms with Crippen LogP contribution in [0.15, 0.2) is 29.2 Å². The molecular formula is C11H15NO2S. The quantitative estimate of drug-likeness (QED) is 0.778. The van der Waals surface area contributed by atoms with E-state index in [2.05, 4.69) is 5.32 Å². The number of thioether (sulfide) groups is 1. The van der Waals surface area contributed by atoms with Crippen molar-refractivity contribution in [3.8, 4) is 5.75 Å². The average Bonchev–Trinajstić information content (AvgIpc) is 2.28. The Morgan fingerprint density at radius 3 is 2.60 bits per heavy atom. The molecule has 0 bridgehead atoms. The van der Waals surface area contributed by atoms with Crippen molar-refractivity contribution in [2.45, 2.75) is 11.8 Å². The smallest absolute Gasteiger partial charge is 0.230 e. The molecule has 0 radical (unpaired) electrons. The SMILES string of the molecule is CCOc1ccc(SCC(=O)NC)cc1. The standard InChI is InChI=1S/C11H15NO2S/c1-3-14-9-4-6-10(7-5-9)15-8-11(13)12-2/h4-7H,3,8H2,1-2H3,(H,12,13). The van der Waals surface area contributed by atoms with Crippen LogP contribution >= 0.6 is 11.8 Å². The number of benzene rings is 1. The van der Waals surface area contributed by atoms with Gasteiger partial charge in [-0.15, -0.1) is 11.8 Å². The number of hydrogen-bond donors (Lipinski definition) is 1. The van der Waals surface area contributed by atoms with Gasteiger partial charge in [-0.1, -0.05) is 0 Å². The van der Waals surface area contributed by atoms with Crippen LogP contribution in [0.1, 0.15) is 6.92 Å². The Labute approximate surface area is 94.2 Å². The third-order valence-electron chi connectivity index (χ3n) is 1.78. The normalized spacial score (nSPS) is 9.73. The second kappa shape index (κ2) is 6.35. The van der Waals surface area contributed by atoms with Crippen LogP contribution in [0, 0.1) is 0 Å². The van der Waals surface area contributed by atoms with Gasteiger partial charge in [-0.3, -0.25) is 4.79 Å². The highest BCUT2D eigenvalue weighted by Gasteiger charge is 2.00. The molecule has 3 nitrogen and oxygen atoms in total. The lowest BCUT2D eigenvalue weighted by atomic mass is 10.3. The van der Waals surface area contributed by atoms with Crippen LogP contribution in [0.5, 0.6) is 5.75 Å². The molecule has 0 heterocycles. The summed E-state index contributed by atoms with van der Waals surface area (Å²) in [6, 6.07) is 7.74. The van der Waals surface area contributed by atoms with E-state index in [1.807, 2.05) is 31.2 Å². The molecule has 0 saturated heterocycles. The van der Waals surface area contributed by atoms with Gasteiger partial charge in [0, 0.05) is 11.9 Å². The summed E-state index contributed by atoms with van der Waals surface area (Å²) in [7, 11) is 1.64. The number of carbonyl (C=O) groups excluding carboxylic acids is 1. The molecule has 0 fully saturated rings. The van der Waals surface area contributed by atoms with Gasteiger partial charge in [-0.25, -0.2) is 0 Å². The fourth-order valence-electron chi connectivity index (χ4n) is 1.02. The minimum atomic E-state index is 0.0360. The summed E-state index contributed by atoms with van der Waals surface area (Å²) in [5.74, 6) is 1.35. The summed E-state index contributed by atoms with van der Waals surface area (Å²) in [6.45, 7) is 2.62. The monoisotopic (exact) mass is 225 g/mol. The van der Waals surface area contributed by atoms with Crippen molar-refractivity contribution < 1.29 is 9.53 Å². The van der Waals surface area contributed by atoms with Gasteiger partial charge in [-0.05, 0) is 31.2 Å². The zero-order valence-corrected chi connectivity index (χ0v) is 9.76. The molecule has 15 heavy (non-hydrogen) atoms. The number of carbonyl (C=O) groups is 1. The van der Waals surface area contributed by atoms with E-state index in [1.165, 1.54) is 11.8 Å². The third kappa shape index (κ3) is 4.25. The third-order valence-corrected chi connectivity index (χ3v) is 2.80. The topological polar surface area (TPSA) is 38.3 Å². The Balaban J connectivity index is 2.45. The van der Waals surface area contributed by atoms with Crippen LogP contribution in [-0.2, 0) is 4.79 Å². The Hall–Kier alpha value is -1.16. The second-order valence-electron chi connectivity index (χ2n) is 2.87. The Bertz CT molecular complexity index is 311. The van der Waals surface area contributed by atoms with E-state index < -0.39 is 0 Å². The second-order valence-corrected chi connectivity index (χ2v) is 3.92. The van der Waals surface area contributed by atoms with Crippen LogP contribution in [-0.4, -0.2) is 25.3 Å². The van der Waals surface area contributed by atoms with Gasteiger partial charge in [0.25, 0.3) is 0 Å². The predicted molar refractivity (Wildman–Crippen MR) is 62.4 cm³/mol. The highest BCUT2D eigenvalue weighted by atomic mass is 32.2. The fraction of sp³-hybridized carbons (Fsp3) is 0.364. The minimum Gasteiger partial charge on any atom is -0.494 e. The van der Waals surface area contributed by atoms with Crippen LogP contribution in [0.25, 0.3) is 0 Å². The zero-order valence-electron chi connectivity index (χ0n) is 8.95. The highest BCUT2D eigenvalue weighted by Crippen LogP contribution is 2.21. The molecule has 0 aliphatic carbocycles. The van der Waals surface area contributed by atoms with Crippen molar-refractivity contribution in [1.82, 2.24) is 5.32 Å². The lowest BCUT2D eigenvalue weighted by Crippen LogP contribution is -2.19. The summed E-state index contributed by atoms with van der Waals surface area (Å²) in [5, 5.41) is 2.58. The summed E-state index contributed by atoms with van der Waals surface area (Å²) >= 11 is 1.51. The number of hydrogen-bond acceptors (Lipinski definition) is 3. The largest absolute Gasteiger partial charge is 0.494 e. The van der Waals surface area contributed by atoms with Crippen LogP contribution in [0.3, 0.4) is 0 Å². The zero-order chi connectivity index (χ0) is 11.1. The highest BCUT2D eigenvalue weighted by molar-refractivity contribution is 8.00. The molecule has 1 rings (SSSR count). The van der Waals surface area contributed by atoms with Crippen molar-refractivity contribution in [3.05, 3.63) is 24.3 Å². The first-order chi connectivity index (χ1) is 7.26. The summed E-state index contributed by atoms with van der Waals surface area (Å²) in [5.41, 5.74) is 0. The number of ether oxygens (including phenoxy) is 1. The Kier molecular flexibility index (Phi) is 5.04. The maximum atomic E-state index is 11.0. The van der Waals surface area contributed by atoms with Crippen molar-refractivity contribution in [2.24, 2.45) is 0 Å². The van der Waals surface area contributed by atoms with E-state index in [-0.39, 0.29) is 5.91 Å². The maximum Gasteiger partial charge on any atom is 0.230 e. The lowest BCUT2D eigenvalue weighted by molar-refractivity contribution is -0.118. The van der Waals surface area contributed by atoms with Gasteiger partial charge in [0.1, 0.15) is 5.75 Å². The first-order valence-electron chi connectivity index (χ1n) is 4.82. The number of rotatable bonds is 5. The van der Waals surface area contributed by atoms with E-state index in [4.69, 9.17) is 4.74 Å². The van der Waals surface area contributed by atoms with Gasteiger partial charge in [0.05, 0.1) is 12.4 Å². The van der Waals surface area contributed by atoms with Gasteiger partial charge in [0.15, 0.2) is 0 Å². The predicted octanol–water partition coefficient (Wildman–Crippen LogP) is 1.92. The average molecular weight is 225 g/mol. The van der Waals surface area contributed by atoms with Gasteiger partial charge >= 0.3 is 0 Å². The van der Waals surface area contributed by atoms with E-state index >= 15 is 0 Å². The van der Waals surface area contributed by atoms with Crippen LogP contribution in [0.4, 0.5) is 0 Å². The van der Waals surface area contributed by atoms with Crippen LogP contribution in [0.2, 0.25) is 0 Å². The molecule has 0 aliphatic heterocycles. The van der Waals surface area contributed by atoms with Crippen molar-refractivity contribution in [2.75, 3.05) is 19.4 Å². The number of nitrogens with one attached hydrogen (secondary N) is 1. The van der Waals surface area contributed by atoms with Gasteiger partial charge in [-0.2, -0.15) is 0 Å². The molecule has 1 amide bonds.